The molecule has 166 valence electrons. The maximum absolute atomic E-state index is 12.9. The van der Waals surface area contributed by atoms with Crippen molar-refractivity contribution in [2.75, 3.05) is 12.4 Å². The van der Waals surface area contributed by atoms with E-state index in [1.54, 1.807) is 23.5 Å². The Bertz CT molecular complexity index is 1440. The maximum Gasteiger partial charge on any atom is 0.352 e. The van der Waals surface area contributed by atoms with Gasteiger partial charge in [0.1, 0.15) is 23.5 Å². The lowest BCUT2D eigenvalue weighted by molar-refractivity contribution is -0.117. The van der Waals surface area contributed by atoms with Gasteiger partial charge in [-0.1, -0.05) is 18.5 Å². The van der Waals surface area contributed by atoms with Gasteiger partial charge in [-0.2, -0.15) is 0 Å². The third kappa shape index (κ3) is 3.45. The Morgan fingerprint density at radius 1 is 1.41 bits per heavy atom. The summed E-state index contributed by atoms with van der Waals surface area (Å²) >= 11 is 7.81. The average molecular weight is 472 g/mol. The number of carbonyl (C=O) groups is 1. The minimum atomic E-state index is -0.395. The number of halogens is 1. The van der Waals surface area contributed by atoms with Crippen LogP contribution in [0.2, 0.25) is 5.02 Å². The number of hydrogen-bond acceptors (Lipinski definition) is 6. The first kappa shape index (κ1) is 21.0. The normalized spacial score (nSPS) is 15.8. The summed E-state index contributed by atoms with van der Waals surface area (Å²) < 4.78 is 7.91. The predicted molar refractivity (Wildman–Crippen MR) is 125 cm³/mol. The molecule has 4 aromatic rings. The first-order chi connectivity index (χ1) is 15.4. The molecule has 1 amide bonds. The largest absolute Gasteiger partial charge is 0.495 e. The van der Waals surface area contributed by atoms with Crippen LogP contribution in [0.25, 0.3) is 15.9 Å². The number of thiophene rings is 1. The number of hydrogen-bond donors (Lipinski definition) is 1. The zero-order valence-corrected chi connectivity index (χ0v) is 19.5. The van der Waals surface area contributed by atoms with Crippen molar-refractivity contribution in [2.24, 2.45) is 5.92 Å². The Kier molecular flexibility index (Phi) is 5.17. The van der Waals surface area contributed by atoms with Crippen molar-refractivity contribution >= 4 is 50.4 Å². The molecule has 0 bridgehead atoms. The molecule has 0 saturated carbocycles. The van der Waals surface area contributed by atoms with Gasteiger partial charge < -0.3 is 10.1 Å². The summed E-state index contributed by atoms with van der Waals surface area (Å²) in [4.78, 5) is 32.4. The van der Waals surface area contributed by atoms with Crippen LogP contribution in [0.5, 0.6) is 5.75 Å². The minimum absolute atomic E-state index is 0.226. The van der Waals surface area contributed by atoms with Gasteiger partial charge in [0.25, 0.3) is 0 Å². The summed E-state index contributed by atoms with van der Waals surface area (Å²) in [6.45, 7) is 3.87. The topological polar surface area (TPSA) is 90.5 Å². The second-order valence-corrected chi connectivity index (χ2v) is 9.75. The van der Waals surface area contributed by atoms with Gasteiger partial charge in [0, 0.05) is 16.0 Å². The number of nitrogens with one attached hydrogen (secondary N) is 1. The Hall–Kier alpha value is -2.91. The smallest absolute Gasteiger partial charge is 0.352 e. The molecule has 1 aliphatic rings. The van der Waals surface area contributed by atoms with Crippen molar-refractivity contribution < 1.29 is 9.53 Å². The molecule has 1 aromatic carbocycles. The van der Waals surface area contributed by atoms with Crippen LogP contribution in [-0.4, -0.2) is 32.2 Å². The van der Waals surface area contributed by atoms with Gasteiger partial charge in [-0.05, 0) is 49.3 Å². The SMILES string of the molecule is COc1cc(Cl)c(C)cc1NC(=O)Cn1nc2c3c4c(sc3ncn2c1=O)C[C@H](C)CC4. The van der Waals surface area contributed by atoms with Crippen LogP contribution >= 0.6 is 22.9 Å². The van der Waals surface area contributed by atoms with E-state index >= 15 is 0 Å². The molecule has 1 N–H and O–H groups in total. The molecule has 1 atom stereocenters. The number of fused-ring (bicyclic) bond motifs is 5. The highest BCUT2D eigenvalue weighted by Gasteiger charge is 2.24. The Morgan fingerprint density at radius 2 is 2.22 bits per heavy atom. The lowest BCUT2D eigenvalue weighted by Crippen LogP contribution is -2.28. The van der Waals surface area contributed by atoms with Gasteiger partial charge in [-0.3, -0.25) is 4.79 Å². The van der Waals surface area contributed by atoms with Crippen LogP contribution < -0.4 is 15.7 Å². The van der Waals surface area contributed by atoms with E-state index in [0.717, 1.165) is 35.0 Å². The number of amides is 1. The van der Waals surface area contributed by atoms with Crippen LogP contribution in [0.3, 0.4) is 0 Å². The highest BCUT2D eigenvalue weighted by atomic mass is 35.5. The monoisotopic (exact) mass is 471 g/mol. The Balaban J connectivity index is 1.49. The highest BCUT2D eigenvalue weighted by molar-refractivity contribution is 7.19. The van der Waals surface area contributed by atoms with Gasteiger partial charge in [-0.25, -0.2) is 18.9 Å². The van der Waals surface area contributed by atoms with Crippen LogP contribution in [0.1, 0.15) is 29.3 Å². The predicted octanol–water partition coefficient (Wildman–Crippen LogP) is 3.84. The Morgan fingerprint density at radius 3 is 3.00 bits per heavy atom. The molecule has 10 heteroatoms. The summed E-state index contributed by atoms with van der Waals surface area (Å²) in [6, 6.07) is 3.38. The van der Waals surface area contributed by atoms with Crippen molar-refractivity contribution in [3.8, 4) is 5.75 Å². The quantitative estimate of drug-likeness (QED) is 0.488. The van der Waals surface area contributed by atoms with E-state index in [1.807, 2.05) is 6.92 Å². The molecule has 0 radical (unpaired) electrons. The summed E-state index contributed by atoms with van der Waals surface area (Å²) in [5, 5.41) is 8.79. The molecule has 8 nitrogen and oxygen atoms in total. The zero-order chi connectivity index (χ0) is 22.6. The number of carbonyl (C=O) groups excluding carboxylic acids is 1. The van der Waals surface area contributed by atoms with E-state index in [1.165, 1.54) is 33.0 Å². The summed E-state index contributed by atoms with van der Waals surface area (Å²) in [5.74, 6) is 0.700. The lowest BCUT2D eigenvalue weighted by atomic mass is 9.89. The van der Waals surface area contributed by atoms with Crippen molar-refractivity contribution in [3.05, 3.63) is 50.0 Å². The van der Waals surface area contributed by atoms with Crippen LogP contribution in [-0.2, 0) is 24.2 Å². The van der Waals surface area contributed by atoms with E-state index in [4.69, 9.17) is 16.3 Å². The summed E-state index contributed by atoms with van der Waals surface area (Å²) in [6.07, 6.45) is 4.58. The van der Waals surface area contributed by atoms with Gasteiger partial charge in [0.2, 0.25) is 5.91 Å². The molecular formula is C22H22ClN5O3S. The number of methoxy groups -OCH3 is 1. The first-order valence-corrected chi connectivity index (χ1v) is 11.6. The maximum atomic E-state index is 12.9. The number of ether oxygens (including phenoxy) is 1. The number of rotatable bonds is 4. The molecule has 32 heavy (non-hydrogen) atoms. The number of anilines is 1. The van der Waals surface area contributed by atoms with Gasteiger partial charge in [0.15, 0.2) is 5.65 Å². The Labute approximate surface area is 192 Å². The lowest BCUT2D eigenvalue weighted by Gasteiger charge is -2.17. The zero-order valence-electron chi connectivity index (χ0n) is 17.9. The second kappa shape index (κ2) is 7.90. The number of benzene rings is 1. The molecule has 0 aliphatic heterocycles. The summed E-state index contributed by atoms with van der Waals surface area (Å²) in [5.41, 5.74) is 2.69. The third-order valence-electron chi connectivity index (χ3n) is 5.93. The molecule has 0 fully saturated rings. The fourth-order valence-electron chi connectivity index (χ4n) is 4.22. The molecular weight excluding hydrogens is 450 g/mol. The molecule has 0 unspecified atom stereocenters. The van der Waals surface area contributed by atoms with Crippen LogP contribution in [0, 0.1) is 12.8 Å². The molecule has 3 aromatic heterocycles. The fraction of sp³-hybridized carbons (Fsp3) is 0.364. The number of aryl methyl sites for hydroxylation is 2. The van der Waals surface area contributed by atoms with Crippen LogP contribution in [0.15, 0.2) is 23.3 Å². The van der Waals surface area contributed by atoms with Crippen molar-refractivity contribution in [2.45, 2.75) is 39.7 Å². The van der Waals surface area contributed by atoms with E-state index in [-0.39, 0.29) is 12.5 Å². The van der Waals surface area contributed by atoms with Gasteiger partial charge in [-0.15, -0.1) is 16.4 Å². The van der Waals surface area contributed by atoms with Crippen molar-refractivity contribution in [3.63, 3.8) is 0 Å². The van der Waals surface area contributed by atoms with Gasteiger partial charge in [0.05, 0.1) is 18.2 Å². The van der Waals surface area contributed by atoms with Crippen molar-refractivity contribution in [1.29, 1.82) is 0 Å². The van der Waals surface area contributed by atoms with Gasteiger partial charge >= 0.3 is 5.69 Å². The second-order valence-electron chi connectivity index (χ2n) is 8.26. The molecule has 0 spiro atoms. The van der Waals surface area contributed by atoms with E-state index in [0.29, 0.717) is 28.0 Å². The number of nitrogens with zero attached hydrogens (tertiary/aromatic N) is 4. The molecule has 0 saturated heterocycles. The van der Waals surface area contributed by atoms with Crippen LogP contribution in [0.4, 0.5) is 5.69 Å². The third-order valence-corrected chi connectivity index (χ3v) is 7.50. The first-order valence-electron chi connectivity index (χ1n) is 10.4. The van der Waals surface area contributed by atoms with E-state index in [9.17, 15) is 9.59 Å². The van der Waals surface area contributed by atoms with Crippen molar-refractivity contribution in [1.82, 2.24) is 19.2 Å². The highest BCUT2D eigenvalue weighted by Crippen LogP contribution is 2.38. The summed E-state index contributed by atoms with van der Waals surface area (Å²) in [7, 11) is 1.50. The number of aromatic nitrogens is 4. The molecule has 3 heterocycles. The fourth-order valence-corrected chi connectivity index (χ4v) is 5.72. The molecule has 5 rings (SSSR count). The van der Waals surface area contributed by atoms with E-state index in [2.05, 4.69) is 22.3 Å². The van der Waals surface area contributed by atoms with E-state index < -0.39 is 5.69 Å². The standard InChI is InChI=1S/C22H22ClN5O3S/c1-11-4-5-13-17(6-11)32-21-19(13)20-26-28(22(30)27(20)10-24-21)9-18(29)25-15-7-12(2)14(23)8-16(15)31-3/h7-8,10-11H,4-6,9H2,1-3H3,(H,25,29)/t11-/m1/s1. The minimum Gasteiger partial charge on any atom is -0.495 e. The average Bonchev–Trinajstić information content (AvgIpc) is 3.27. The molecule has 1 aliphatic carbocycles.